The van der Waals surface area contributed by atoms with Crippen LogP contribution in [-0.2, 0) is 11.4 Å². The van der Waals surface area contributed by atoms with E-state index in [2.05, 4.69) is 21.4 Å². The Morgan fingerprint density at radius 3 is 2.88 bits per heavy atom. The summed E-state index contributed by atoms with van der Waals surface area (Å²) in [5.41, 5.74) is 3.03. The third kappa shape index (κ3) is 3.64. The molecule has 0 radical (unpaired) electrons. The van der Waals surface area contributed by atoms with Crippen molar-refractivity contribution >= 4 is 21.8 Å². The third-order valence-electron chi connectivity index (χ3n) is 2.02. The van der Waals surface area contributed by atoms with Crippen LogP contribution in [0.2, 0.25) is 0 Å². The number of amides is 1. The Hall–Kier alpha value is -0.810. The lowest BCUT2D eigenvalue weighted by Crippen LogP contribution is -2.27. The zero-order valence-electron chi connectivity index (χ0n) is 9.79. The Kier molecular flexibility index (Phi) is 5.02. The lowest BCUT2D eigenvalue weighted by atomic mass is 10.2. The van der Waals surface area contributed by atoms with Crippen molar-refractivity contribution in [2.45, 2.75) is 27.3 Å². The molecule has 1 aromatic rings. The van der Waals surface area contributed by atoms with Crippen LogP contribution in [-0.4, -0.2) is 17.1 Å². The van der Waals surface area contributed by atoms with Crippen LogP contribution in [0, 0.1) is 5.92 Å². The average Bonchev–Trinajstić information content (AvgIpc) is 2.59. The molecule has 0 aromatic carbocycles. The molecule has 1 heterocycles. The van der Waals surface area contributed by atoms with Gasteiger partial charge in [-0.3, -0.25) is 9.63 Å². The largest absolute Gasteiger partial charge is 0.343 e. The summed E-state index contributed by atoms with van der Waals surface area (Å²) in [6, 6.07) is 1.78. The SMILES string of the molecule is CCn1cc(Br)cc1C(=O)NOCC(C)C. The van der Waals surface area contributed by atoms with E-state index in [1.54, 1.807) is 6.07 Å². The van der Waals surface area contributed by atoms with Crippen LogP contribution >= 0.6 is 15.9 Å². The molecule has 5 heteroatoms. The fourth-order valence-electron chi connectivity index (χ4n) is 1.25. The Morgan fingerprint density at radius 2 is 2.31 bits per heavy atom. The van der Waals surface area contributed by atoms with Crippen molar-refractivity contribution < 1.29 is 9.63 Å². The van der Waals surface area contributed by atoms with Gasteiger partial charge in [0.25, 0.3) is 5.91 Å². The molecule has 0 bridgehead atoms. The maximum absolute atomic E-state index is 11.7. The van der Waals surface area contributed by atoms with Crippen molar-refractivity contribution in [1.29, 1.82) is 0 Å². The van der Waals surface area contributed by atoms with Gasteiger partial charge in [0.1, 0.15) is 5.69 Å². The smallest absolute Gasteiger partial charge is 0.291 e. The van der Waals surface area contributed by atoms with Crippen LogP contribution in [0.25, 0.3) is 0 Å². The minimum atomic E-state index is -0.215. The lowest BCUT2D eigenvalue weighted by molar-refractivity contribution is 0.0202. The van der Waals surface area contributed by atoms with Gasteiger partial charge in [-0.25, -0.2) is 5.48 Å². The highest BCUT2D eigenvalue weighted by Gasteiger charge is 2.12. The summed E-state index contributed by atoms with van der Waals surface area (Å²) in [6.07, 6.45) is 1.87. The monoisotopic (exact) mass is 288 g/mol. The molecule has 0 atom stereocenters. The second-order valence-corrected chi connectivity index (χ2v) is 4.88. The number of hydrogen-bond acceptors (Lipinski definition) is 2. The predicted octanol–water partition coefficient (Wildman–Crippen LogP) is 2.59. The molecule has 16 heavy (non-hydrogen) atoms. The molecule has 0 unspecified atom stereocenters. The maximum atomic E-state index is 11.7. The fraction of sp³-hybridized carbons (Fsp3) is 0.545. The fourth-order valence-corrected chi connectivity index (χ4v) is 1.72. The quantitative estimate of drug-likeness (QED) is 0.847. The normalized spacial score (nSPS) is 10.8. The zero-order chi connectivity index (χ0) is 12.1. The molecule has 90 valence electrons. The average molecular weight is 289 g/mol. The first kappa shape index (κ1) is 13.3. The summed E-state index contributed by atoms with van der Waals surface area (Å²) in [4.78, 5) is 16.8. The van der Waals surface area contributed by atoms with E-state index in [0.29, 0.717) is 18.2 Å². The summed E-state index contributed by atoms with van der Waals surface area (Å²) in [5.74, 6) is 0.179. The van der Waals surface area contributed by atoms with Crippen LogP contribution in [0.1, 0.15) is 31.3 Å². The third-order valence-corrected chi connectivity index (χ3v) is 2.45. The van der Waals surface area contributed by atoms with Gasteiger partial charge in [0.2, 0.25) is 0 Å². The summed E-state index contributed by atoms with van der Waals surface area (Å²) >= 11 is 3.34. The second kappa shape index (κ2) is 6.06. The number of aryl methyl sites for hydroxylation is 1. The van der Waals surface area contributed by atoms with E-state index in [-0.39, 0.29) is 5.91 Å². The van der Waals surface area contributed by atoms with Crippen LogP contribution in [0.5, 0.6) is 0 Å². The van der Waals surface area contributed by atoms with Crippen LogP contribution < -0.4 is 5.48 Å². The van der Waals surface area contributed by atoms with Crippen LogP contribution in [0.15, 0.2) is 16.7 Å². The van der Waals surface area contributed by atoms with Crippen molar-refractivity contribution in [3.8, 4) is 0 Å². The molecule has 0 saturated carbocycles. The number of halogens is 1. The van der Waals surface area contributed by atoms with Crippen molar-refractivity contribution in [3.05, 3.63) is 22.4 Å². The number of hydroxylamine groups is 1. The second-order valence-electron chi connectivity index (χ2n) is 3.97. The highest BCUT2D eigenvalue weighted by atomic mass is 79.9. The summed E-state index contributed by atoms with van der Waals surface area (Å²) in [6.45, 7) is 7.30. The van der Waals surface area contributed by atoms with Gasteiger partial charge in [-0.2, -0.15) is 0 Å². The molecule has 1 rings (SSSR count). The minimum Gasteiger partial charge on any atom is -0.343 e. The molecule has 0 fully saturated rings. The van der Waals surface area contributed by atoms with E-state index in [4.69, 9.17) is 4.84 Å². The Morgan fingerprint density at radius 1 is 1.62 bits per heavy atom. The van der Waals surface area contributed by atoms with Gasteiger partial charge in [-0.15, -0.1) is 0 Å². The molecule has 4 nitrogen and oxygen atoms in total. The van der Waals surface area contributed by atoms with Gasteiger partial charge in [0.15, 0.2) is 0 Å². The molecule has 0 aliphatic rings. The number of hydrogen-bond donors (Lipinski definition) is 1. The van der Waals surface area contributed by atoms with E-state index in [1.807, 2.05) is 31.5 Å². The van der Waals surface area contributed by atoms with Gasteiger partial charge in [-0.1, -0.05) is 13.8 Å². The van der Waals surface area contributed by atoms with Crippen molar-refractivity contribution in [1.82, 2.24) is 10.0 Å². The molecular weight excluding hydrogens is 272 g/mol. The molecular formula is C11H17BrN2O2. The van der Waals surface area contributed by atoms with E-state index in [0.717, 1.165) is 11.0 Å². The molecule has 0 aliphatic carbocycles. The number of nitrogens with one attached hydrogen (secondary N) is 1. The van der Waals surface area contributed by atoms with Crippen molar-refractivity contribution in [2.24, 2.45) is 5.92 Å². The van der Waals surface area contributed by atoms with E-state index < -0.39 is 0 Å². The standard InChI is InChI=1S/C11H17BrN2O2/c1-4-14-6-9(12)5-10(14)11(15)13-16-7-8(2)3/h5-6,8H,4,7H2,1-3H3,(H,13,15). The van der Waals surface area contributed by atoms with Gasteiger partial charge >= 0.3 is 0 Å². The number of nitrogens with zero attached hydrogens (tertiary/aromatic N) is 1. The van der Waals surface area contributed by atoms with Crippen LogP contribution in [0.3, 0.4) is 0 Å². The minimum absolute atomic E-state index is 0.215. The van der Waals surface area contributed by atoms with E-state index in [1.165, 1.54) is 0 Å². The number of carbonyl (C=O) groups is 1. The van der Waals surface area contributed by atoms with Gasteiger partial charge in [0.05, 0.1) is 6.61 Å². The highest BCUT2D eigenvalue weighted by Crippen LogP contribution is 2.14. The molecule has 0 saturated heterocycles. The van der Waals surface area contributed by atoms with Gasteiger partial charge in [-0.05, 0) is 34.8 Å². The van der Waals surface area contributed by atoms with Crippen LogP contribution in [0.4, 0.5) is 0 Å². The van der Waals surface area contributed by atoms with Gasteiger partial charge < -0.3 is 4.57 Å². The molecule has 1 amide bonds. The predicted molar refractivity (Wildman–Crippen MR) is 66.1 cm³/mol. The summed E-state index contributed by atoms with van der Waals surface area (Å²) in [7, 11) is 0. The first-order chi connectivity index (χ1) is 7.54. The topological polar surface area (TPSA) is 43.3 Å². The Bertz CT molecular complexity index is 361. The Labute approximate surface area is 104 Å². The molecule has 1 N–H and O–H groups in total. The first-order valence-electron chi connectivity index (χ1n) is 5.32. The Balaban J connectivity index is 2.58. The van der Waals surface area contributed by atoms with E-state index in [9.17, 15) is 4.79 Å². The first-order valence-corrected chi connectivity index (χ1v) is 6.11. The van der Waals surface area contributed by atoms with Gasteiger partial charge in [0, 0.05) is 17.2 Å². The van der Waals surface area contributed by atoms with Crippen molar-refractivity contribution in [3.63, 3.8) is 0 Å². The molecule has 1 aromatic heterocycles. The molecule has 0 spiro atoms. The highest BCUT2D eigenvalue weighted by molar-refractivity contribution is 9.10. The molecule has 0 aliphatic heterocycles. The number of aromatic nitrogens is 1. The van der Waals surface area contributed by atoms with E-state index >= 15 is 0 Å². The summed E-state index contributed by atoms with van der Waals surface area (Å²) in [5, 5.41) is 0. The maximum Gasteiger partial charge on any atom is 0.291 e. The lowest BCUT2D eigenvalue weighted by Gasteiger charge is -2.09. The number of rotatable bonds is 5. The summed E-state index contributed by atoms with van der Waals surface area (Å²) < 4.78 is 2.75. The zero-order valence-corrected chi connectivity index (χ0v) is 11.4. The number of carbonyl (C=O) groups excluding carboxylic acids is 1. The van der Waals surface area contributed by atoms with Crippen molar-refractivity contribution in [2.75, 3.05) is 6.61 Å².